The lowest BCUT2D eigenvalue weighted by Crippen LogP contribution is -2.02. The number of hydrogen-bond acceptors (Lipinski definition) is 2. The number of aliphatic hydroxyl groups excluding tert-OH is 1. The van der Waals surface area contributed by atoms with E-state index in [0.29, 0.717) is 18.1 Å². The molecule has 0 aliphatic rings. The lowest BCUT2D eigenvalue weighted by atomic mass is 10.0. The molecular formula is C17H19ClO2. The van der Waals surface area contributed by atoms with Gasteiger partial charge in [-0.15, -0.1) is 0 Å². The van der Waals surface area contributed by atoms with Crippen molar-refractivity contribution in [1.29, 1.82) is 0 Å². The van der Waals surface area contributed by atoms with Crippen LogP contribution in [0, 0.1) is 0 Å². The van der Waals surface area contributed by atoms with Crippen LogP contribution in [0.1, 0.15) is 30.6 Å². The number of halogens is 1. The van der Waals surface area contributed by atoms with E-state index in [0.717, 1.165) is 23.3 Å². The SMILES string of the molecule is CCCOc1ccc(C(O)Cc2ccccc2Cl)cc1. The van der Waals surface area contributed by atoms with Gasteiger partial charge < -0.3 is 9.84 Å². The van der Waals surface area contributed by atoms with E-state index >= 15 is 0 Å². The highest BCUT2D eigenvalue weighted by molar-refractivity contribution is 6.31. The Kier molecular flexibility index (Phi) is 5.45. The first-order chi connectivity index (χ1) is 9.70. The number of benzene rings is 2. The van der Waals surface area contributed by atoms with Crippen molar-refractivity contribution < 1.29 is 9.84 Å². The normalized spacial score (nSPS) is 12.2. The summed E-state index contributed by atoms with van der Waals surface area (Å²) in [5.41, 5.74) is 1.82. The van der Waals surface area contributed by atoms with Crippen LogP contribution in [-0.2, 0) is 6.42 Å². The average molecular weight is 291 g/mol. The predicted molar refractivity (Wildman–Crippen MR) is 82.3 cm³/mol. The zero-order valence-corrected chi connectivity index (χ0v) is 12.3. The van der Waals surface area contributed by atoms with E-state index in [9.17, 15) is 5.11 Å². The molecule has 106 valence electrons. The Morgan fingerprint density at radius 2 is 1.80 bits per heavy atom. The minimum atomic E-state index is -0.560. The molecule has 0 fully saturated rings. The molecule has 2 nitrogen and oxygen atoms in total. The van der Waals surface area contributed by atoms with Crippen LogP contribution in [0.3, 0.4) is 0 Å². The second kappa shape index (κ2) is 7.32. The molecule has 0 spiro atoms. The Balaban J connectivity index is 2.02. The third kappa shape index (κ3) is 3.99. The number of aliphatic hydroxyl groups is 1. The van der Waals surface area contributed by atoms with Crippen LogP contribution in [-0.4, -0.2) is 11.7 Å². The molecular weight excluding hydrogens is 272 g/mol. The monoisotopic (exact) mass is 290 g/mol. The maximum Gasteiger partial charge on any atom is 0.119 e. The molecule has 0 aromatic heterocycles. The van der Waals surface area contributed by atoms with E-state index in [1.54, 1.807) is 0 Å². The average Bonchev–Trinajstić information content (AvgIpc) is 2.48. The van der Waals surface area contributed by atoms with Crippen molar-refractivity contribution in [3.63, 3.8) is 0 Å². The molecule has 2 aromatic rings. The molecule has 0 aliphatic carbocycles. The van der Waals surface area contributed by atoms with Crippen molar-refractivity contribution in [1.82, 2.24) is 0 Å². The van der Waals surface area contributed by atoms with Crippen LogP contribution in [0.5, 0.6) is 5.75 Å². The van der Waals surface area contributed by atoms with Crippen LogP contribution in [0.15, 0.2) is 48.5 Å². The summed E-state index contributed by atoms with van der Waals surface area (Å²) >= 11 is 6.11. The van der Waals surface area contributed by atoms with E-state index in [1.807, 2.05) is 48.5 Å². The fourth-order valence-electron chi connectivity index (χ4n) is 2.00. The Labute approximate surface area is 125 Å². The van der Waals surface area contributed by atoms with Crippen molar-refractivity contribution in [2.45, 2.75) is 25.9 Å². The van der Waals surface area contributed by atoms with Gasteiger partial charge in [0.1, 0.15) is 5.75 Å². The van der Waals surface area contributed by atoms with Gasteiger partial charge in [0, 0.05) is 11.4 Å². The maximum absolute atomic E-state index is 10.3. The van der Waals surface area contributed by atoms with Crippen LogP contribution in [0.2, 0.25) is 5.02 Å². The van der Waals surface area contributed by atoms with Crippen LogP contribution in [0.25, 0.3) is 0 Å². The lowest BCUT2D eigenvalue weighted by Gasteiger charge is -2.13. The van der Waals surface area contributed by atoms with Gasteiger partial charge in [-0.05, 0) is 35.7 Å². The van der Waals surface area contributed by atoms with Crippen LogP contribution < -0.4 is 4.74 Å². The summed E-state index contributed by atoms with van der Waals surface area (Å²) in [5.74, 6) is 0.834. The first-order valence-corrected chi connectivity index (χ1v) is 7.22. The standard InChI is InChI=1S/C17H19ClO2/c1-2-11-20-15-9-7-13(8-10-15)17(19)12-14-5-3-4-6-16(14)18/h3-10,17,19H,2,11-12H2,1H3. The number of ether oxygens (including phenoxy) is 1. The van der Waals surface area contributed by atoms with E-state index in [4.69, 9.17) is 16.3 Å². The van der Waals surface area contributed by atoms with Crippen molar-refractivity contribution in [2.24, 2.45) is 0 Å². The Hall–Kier alpha value is -1.51. The quantitative estimate of drug-likeness (QED) is 0.854. The Morgan fingerprint density at radius 3 is 2.45 bits per heavy atom. The van der Waals surface area contributed by atoms with Gasteiger partial charge in [0.25, 0.3) is 0 Å². The Bertz CT molecular complexity index is 537. The van der Waals surface area contributed by atoms with Gasteiger partial charge in [-0.25, -0.2) is 0 Å². The number of hydrogen-bond donors (Lipinski definition) is 1. The van der Waals surface area contributed by atoms with Crippen molar-refractivity contribution in [2.75, 3.05) is 6.61 Å². The summed E-state index contributed by atoms with van der Waals surface area (Å²) in [6.07, 6.45) is 0.932. The van der Waals surface area contributed by atoms with Gasteiger partial charge in [-0.2, -0.15) is 0 Å². The van der Waals surface area contributed by atoms with E-state index < -0.39 is 6.10 Å². The summed E-state index contributed by atoms with van der Waals surface area (Å²) in [4.78, 5) is 0. The van der Waals surface area contributed by atoms with Gasteiger partial charge in [0.05, 0.1) is 12.7 Å². The molecule has 3 heteroatoms. The van der Waals surface area contributed by atoms with Crippen LogP contribution >= 0.6 is 11.6 Å². The van der Waals surface area contributed by atoms with Crippen molar-refractivity contribution in [3.05, 3.63) is 64.7 Å². The first-order valence-electron chi connectivity index (χ1n) is 6.85. The highest BCUT2D eigenvalue weighted by Gasteiger charge is 2.10. The smallest absolute Gasteiger partial charge is 0.119 e. The highest BCUT2D eigenvalue weighted by Crippen LogP contribution is 2.24. The fourth-order valence-corrected chi connectivity index (χ4v) is 2.21. The summed E-state index contributed by atoms with van der Waals surface area (Å²) in [5, 5.41) is 11.0. The summed E-state index contributed by atoms with van der Waals surface area (Å²) < 4.78 is 5.52. The first kappa shape index (κ1) is 14.9. The van der Waals surface area contributed by atoms with E-state index in [2.05, 4.69) is 6.92 Å². The minimum absolute atomic E-state index is 0.509. The Morgan fingerprint density at radius 1 is 1.10 bits per heavy atom. The van der Waals surface area contributed by atoms with Crippen LogP contribution in [0.4, 0.5) is 0 Å². The molecule has 0 aliphatic heterocycles. The molecule has 0 bridgehead atoms. The van der Waals surface area contributed by atoms with Gasteiger partial charge in [0.2, 0.25) is 0 Å². The highest BCUT2D eigenvalue weighted by atomic mass is 35.5. The molecule has 1 unspecified atom stereocenters. The molecule has 0 radical (unpaired) electrons. The fraction of sp³-hybridized carbons (Fsp3) is 0.294. The summed E-state index contributed by atoms with van der Waals surface area (Å²) in [6, 6.07) is 15.2. The second-order valence-corrected chi connectivity index (χ2v) is 5.14. The third-order valence-electron chi connectivity index (χ3n) is 3.11. The molecule has 0 saturated heterocycles. The zero-order valence-electron chi connectivity index (χ0n) is 11.6. The summed E-state index contributed by atoms with van der Waals surface area (Å²) in [6.45, 7) is 2.78. The van der Waals surface area contributed by atoms with E-state index in [-0.39, 0.29) is 0 Å². The van der Waals surface area contributed by atoms with Crippen molar-refractivity contribution in [3.8, 4) is 5.75 Å². The van der Waals surface area contributed by atoms with Gasteiger partial charge >= 0.3 is 0 Å². The van der Waals surface area contributed by atoms with Gasteiger partial charge in [-0.3, -0.25) is 0 Å². The lowest BCUT2D eigenvalue weighted by molar-refractivity contribution is 0.178. The number of rotatable bonds is 6. The molecule has 2 rings (SSSR count). The minimum Gasteiger partial charge on any atom is -0.494 e. The van der Waals surface area contributed by atoms with Gasteiger partial charge in [-0.1, -0.05) is 48.9 Å². The van der Waals surface area contributed by atoms with E-state index in [1.165, 1.54) is 0 Å². The third-order valence-corrected chi connectivity index (χ3v) is 3.48. The van der Waals surface area contributed by atoms with Crippen molar-refractivity contribution >= 4 is 11.6 Å². The topological polar surface area (TPSA) is 29.5 Å². The molecule has 0 saturated carbocycles. The molecule has 0 amide bonds. The molecule has 20 heavy (non-hydrogen) atoms. The molecule has 0 heterocycles. The largest absolute Gasteiger partial charge is 0.494 e. The molecule has 1 atom stereocenters. The summed E-state index contributed by atoms with van der Waals surface area (Å²) in [7, 11) is 0. The molecule has 1 N–H and O–H groups in total. The second-order valence-electron chi connectivity index (χ2n) is 4.73. The molecule has 2 aromatic carbocycles. The maximum atomic E-state index is 10.3. The van der Waals surface area contributed by atoms with Gasteiger partial charge in [0.15, 0.2) is 0 Å². The zero-order chi connectivity index (χ0) is 14.4. The predicted octanol–water partition coefficient (Wildman–Crippen LogP) is 4.40.